The number of nitrogens with zero attached hydrogens (tertiary/aromatic N) is 2. The van der Waals surface area contributed by atoms with Crippen molar-refractivity contribution in [1.29, 1.82) is 0 Å². The molecule has 2 N–H and O–H groups in total. The van der Waals surface area contributed by atoms with E-state index < -0.39 is 12.0 Å². The van der Waals surface area contributed by atoms with Crippen LogP contribution in [0.2, 0.25) is 0 Å². The van der Waals surface area contributed by atoms with Crippen LogP contribution in [0.1, 0.15) is 17.2 Å². The van der Waals surface area contributed by atoms with Gasteiger partial charge in [-0.15, -0.1) is 0 Å². The van der Waals surface area contributed by atoms with Crippen LogP contribution in [-0.4, -0.2) is 27.9 Å². The normalized spacial score (nSPS) is 11.8. The fourth-order valence-electron chi connectivity index (χ4n) is 2.46. The number of carbonyl (C=O) groups is 1. The van der Waals surface area contributed by atoms with Crippen LogP contribution >= 0.6 is 0 Å². The van der Waals surface area contributed by atoms with Crippen molar-refractivity contribution in [3.8, 4) is 5.75 Å². The number of rotatable bonds is 6. The Labute approximate surface area is 145 Å². The molecular weight excluding hydrogens is 318 g/mol. The Kier molecular flexibility index (Phi) is 5.11. The van der Waals surface area contributed by atoms with Crippen molar-refractivity contribution in [3.63, 3.8) is 0 Å². The van der Waals surface area contributed by atoms with Gasteiger partial charge in [-0.1, -0.05) is 42.5 Å². The van der Waals surface area contributed by atoms with Crippen molar-refractivity contribution in [1.82, 2.24) is 9.78 Å². The molecule has 0 aliphatic rings. The number of carbonyl (C=O) groups excluding carboxylic acids is 1. The van der Waals surface area contributed by atoms with Crippen LogP contribution in [0.3, 0.4) is 0 Å². The number of anilines is 1. The van der Waals surface area contributed by atoms with E-state index in [1.165, 1.54) is 7.11 Å². The molecule has 1 heterocycles. The first kappa shape index (κ1) is 16.7. The van der Waals surface area contributed by atoms with Crippen LogP contribution < -0.4 is 10.1 Å². The van der Waals surface area contributed by atoms with Gasteiger partial charge < -0.3 is 15.2 Å². The molecule has 3 rings (SSSR count). The summed E-state index contributed by atoms with van der Waals surface area (Å²) in [5, 5.41) is 17.1. The average molecular weight is 337 g/mol. The summed E-state index contributed by atoms with van der Waals surface area (Å²) < 4.78 is 6.83. The summed E-state index contributed by atoms with van der Waals surface area (Å²) in [6.07, 6.45) is 2.00. The lowest BCUT2D eigenvalue weighted by Crippen LogP contribution is -2.20. The Morgan fingerprint density at radius 3 is 2.80 bits per heavy atom. The highest BCUT2D eigenvalue weighted by atomic mass is 16.5. The first-order valence-corrected chi connectivity index (χ1v) is 7.85. The topological polar surface area (TPSA) is 76.4 Å². The predicted octanol–water partition coefficient (Wildman–Crippen LogP) is 2.61. The van der Waals surface area contributed by atoms with Gasteiger partial charge in [-0.25, -0.2) is 0 Å². The zero-order valence-corrected chi connectivity index (χ0v) is 13.8. The van der Waals surface area contributed by atoms with E-state index in [1.54, 1.807) is 41.3 Å². The van der Waals surface area contributed by atoms with E-state index in [4.69, 9.17) is 4.74 Å². The number of ether oxygens (including phenoxy) is 1. The maximum absolute atomic E-state index is 12.2. The molecule has 0 bridgehead atoms. The Bertz CT molecular complexity index is 846. The average Bonchev–Trinajstić information content (AvgIpc) is 3.08. The monoisotopic (exact) mass is 337 g/mol. The number of aliphatic hydroxyl groups is 1. The number of aromatic nitrogens is 2. The van der Waals surface area contributed by atoms with E-state index in [-0.39, 0.29) is 0 Å². The predicted molar refractivity (Wildman–Crippen MR) is 94.4 cm³/mol. The number of hydrogen-bond donors (Lipinski definition) is 2. The van der Waals surface area contributed by atoms with Gasteiger partial charge in [0.2, 0.25) is 0 Å². The lowest BCUT2D eigenvalue weighted by molar-refractivity contribution is -0.124. The molecule has 0 aliphatic carbocycles. The number of aliphatic hydroxyl groups excluding tert-OH is 1. The van der Waals surface area contributed by atoms with Crippen molar-refractivity contribution in [2.24, 2.45) is 0 Å². The van der Waals surface area contributed by atoms with Crippen molar-refractivity contribution in [2.45, 2.75) is 12.6 Å². The fraction of sp³-hybridized carbons (Fsp3) is 0.158. The van der Waals surface area contributed by atoms with Crippen LogP contribution in [-0.2, 0) is 11.3 Å². The highest BCUT2D eigenvalue weighted by Crippen LogP contribution is 2.20. The van der Waals surface area contributed by atoms with E-state index in [2.05, 4.69) is 10.4 Å². The largest absolute Gasteiger partial charge is 0.497 e. The second-order valence-corrected chi connectivity index (χ2v) is 5.58. The molecule has 1 atom stereocenters. The molecule has 1 unspecified atom stereocenters. The number of nitrogens with one attached hydrogen (secondary N) is 1. The molecule has 1 aromatic heterocycles. The van der Waals surface area contributed by atoms with Crippen LogP contribution in [0, 0.1) is 0 Å². The molecule has 0 radical (unpaired) electrons. The zero-order valence-electron chi connectivity index (χ0n) is 13.8. The van der Waals surface area contributed by atoms with Gasteiger partial charge in [0.25, 0.3) is 5.91 Å². The minimum absolute atomic E-state index is 0.466. The summed E-state index contributed by atoms with van der Waals surface area (Å²) in [7, 11) is 1.53. The van der Waals surface area contributed by atoms with E-state index in [0.717, 1.165) is 5.56 Å². The minimum atomic E-state index is -1.28. The second kappa shape index (κ2) is 7.63. The number of amides is 1. The molecule has 0 saturated carbocycles. The van der Waals surface area contributed by atoms with Crippen LogP contribution in [0.4, 0.5) is 5.69 Å². The van der Waals surface area contributed by atoms with E-state index in [1.807, 2.05) is 30.3 Å². The van der Waals surface area contributed by atoms with Crippen molar-refractivity contribution >= 4 is 11.6 Å². The van der Waals surface area contributed by atoms with Crippen LogP contribution in [0.25, 0.3) is 0 Å². The van der Waals surface area contributed by atoms with Gasteiger partial charge in [-0.05, 0) is 23.3 Å². The number of methoxy groups -OCH3 is 1. The molecule has 2 aromatic carbocycles. The smallest absolute Gasteiger partial charge is 0.257 e. The van der Waals surface area contributed by atoms with Gasteiger partial charge in [0.05, 0.1) is 25.5 Å². The third-order valence-electron chi connectivity index (χ3n) is 3.75. The molecule has 6 nitrogen and oxygen atoms in total. The van der Waals surface area contributed by atoms with E-state index >= 15 is 0 Å². The summed E-state index contributed by atoms with van der Waals surface area (Å²) >= 11 is 0. The third-order valence-corrected chi connectivity index (χ3v) is 3.75. The zero-order chi connectivity index (χ0) is 17.6. The molecular formula is C19H19N3O3. The third kappa shape index (κ3) is 4.24. The van der Waals surface area contributed by atoms with Crippen molar-refractivity contribution in [2.75, 3.05) is 12.4 Å². The first-order chi connectivity index (χ1) is 12.2. The lowest BCUT2D eigenvalue weighted by atomic mass is 10.1. The Balaban J connectivity index is 1.64. The van der Waals surface area contributed by atoms with Crippen LogP contribution in [0.5, 0.6) is 5.75 Å². The quantitative estimate of drug-likeness (QED) is 0.725. The van der Waals surface area contributed by atoms with Gasteiger partial charge in [-0.2, -0.15) is 5.10 Å². The van der Waals surface area contributed by atoms with Crippen molar-refractivity contribution < 1.29 is 14.6 Å². The second-order valence-electron chi connectivity index (χ2n) is 5.58. The summed E-state index contributed by atoms with van der Waals surface area (Å²) in [6, 6.07) is 16.7. The standard InChI is InChI=1S/C19H19N3O3/c1-25-17-9-5-8-15(10-17)18(23)19(24)21-16-11-20-22(13-16)12-14-6-3-2-4-7-14/h2-11,13,18,23H,12H2,1H3,(H,21,24). The molecule has 25 heavy (non-hydrogen) atoms. The van der Waals surface area contributed by atoms with Gasteiger partial charge in [0.15, 0.2) is 6.10 Å². The summed E-state index contributed by atoms with van der Waals surface area (Å²) in [5.41, 5.74) is 2.11. The summed E-state index contributed by atoms with van der Waals surface area (Å²) in [5.74, 6) is 0.0625. The maximum Gasteiger partial charge on any atom is 0.257 e. The molecule has 6 heteroatoms. The Hall–Kier alpha value is -3.12. The first-order valence-electron chi connectivity index (χ1n) is 7.85. The van der Waals surface area contributed by atoms with Crippen LogP contribution in [0.15, 0.2) is 67.0 Å². The Morgan fingerprint density at radius 1 is 1.24 bits per heavy atom. The summed E-state index contributed by atoms with van der Waals surface area (Å²) in [6.45, 7) is 0.606. The molecule has 128 valence electrons. The van der Waals surface area contributed by atoms with Crippen molar-refractivity contribution in [3.05, 3.63) is 78.1 Å². The Morgan fingerprint density at radius 2 is 2.04 bits per heavy atom. The summed E-state index contributed by atoms with van der Waals surface area (Å²) in [4.78, 5) is 12.2. The van der Waals surface area contributed by atoms with Gasteiger partial charge in [0, 0.05) is 6.20 Å². The molecule has 0 spiro atoms. The number of hydrogen-bond acceptors (Lipinski definition) is 4. The lowest BCUT2D eigenvalue weighted by Gasteiger charge is -2.11. The SMILES string of the molecule is COc1cccc(C(O)C(=O)Nc2cnn(Cc3ccccc3)c2)c1. The molecule has 0 fully saturated rings. The highest BCUT2D eigenvalue weighted by Gasteiger charge is 2.18. The van der Waals surface area contributed by atoms with E-state index in [9.17, 15) is 9.90 Å². The van der Waals surface area contributed by atoms with Gasteiger partial charge >= 0.3 is 0 Å². The van der Waals surface area contributed by atoms with Gasteiger partial charge in [-0.3, -0.25) is 9.48 Å². The van der Waals surface area contributed by atoms with Gasteiger partial charge in [0.1, 0.15) is 5.75 Å². The highest BCUT2D eigenvalue weighted by molar-refractivity contribution is 5.94. The molecule has 0 saturated heterocycles. The molecule has 0 aliphatic heterocycles. The fourth-order valence-corrected chi connectivity index (χ4v) is 2.46. The minimum Gasteiger partial charge on any atom is -0.497 e. The van der Waals surface area contributed by atoms with E-state index in [0.29, 0.717) is 23.5 Å². The molecule has 3 aromatic rings. The number of benzene rings is 2. The molecule has 1 amide bonds. The maximum atomic E-state index is 12.2.